The van der Waals surface area contributed by atoms with E-state index in [0.717, 1.165) is 22.3 Å². The fourth-order valence-electron chi connectivity index (χ4n) is 5.22. The second-order valence-corrected chi connectivity index (χ2v) is 9.58. The summed E-state index contributed by atoms with van der Waals surface area (Å²) >= 11 is 0. The molecular weight excluding hydrogens is 432 g/mol. The molecule has 1 saturated heterocycles. The van der Waals surface area contributed by atoms with E-state index in [9.17, 15) is 19.5 Å². The number of carboxylic acid groups (broad SMARTS) is 1. The van der Waals surface area contributed by atoms with Crippen molar-refractivity contribution in [2.45, 2.75) is 51.5 Å². The molecular formula is C27H32N2O5. The smallest absolute Gasteiger partial charge is 0.408 e. The first-order valence-corrected chi connectivity index (χ1v) is 11.9. The SMILES string of the molecule is CCC(CC)(NC(=O)OCC1c2ccccc2-c2ccccc21)C(=O)N1CCC(C)(C(=O)O)C1. The van der Waals surface area contributed by atoms with Crippen LogP contribution in [0.3, 0.4) is 0 Å². The van der Waals surface area contributed by atoms with Gasteiger partial charge in [-0.15, -0.1) is 0 Å². The molecule has 0 saturated carbocycles. The van der Waals surface area contributed by atoms with Crippen LogP contribution < -0.4 is 5.32 Å². The number of nitrogens with zero attached hydrogens (tertiary/aromatic N) is 1. The number of nitrogens with one attached hydrogen (secondary N) is 1. The molecule has 2 amide bonds. The van der Waals surface area contributed by atoms with Gasteiger partial charge in [-0.2, -0.15) is 0 Å². The molecule has 1 aliphatic carbocycles. The van der Waals surface area contributed by atoms with E-state index in [-0.39, 0.29) is 25.0 Å². The fourth-order valence-corrected chi connectivity index (χ4v) is 5.22. The molecule has 180 valence electrons. The van der Waals surface area contributed by atoms with Gasteiger partial charge in [0, 0.05) is 19.0 Å². The van der Waals surface area contributed by atoms with Crippen LogP contribution >= 0.6 is 0 Å². The molecule has 7 heteroatoms. The molecule has 2 aliphatic rings. The van der Waals surface area contributed by atoms with E-state index in [4.69, 9.17) is 4.74 Å². The summed E-state index contributed by atoms with van der Waals surface area (Å²) in [5.41, 5.74) is 2.44. The highest BCUT2D eigenvalue weighted by molar-refractivity contribution is 5.91. The summed E-state index contributed by atoms with van der Waals surface area (Å²) < 4.78 is 5.68. The van der Waals surface area contributed by atoms with E-state index < -0.39 is 23.0 Å². The van der Waals surface area contributed by atoms with E-state index in [0.29, 0.717) is 25.8 Å². The predicted octanol–water partition coefficient (Wildman–Crippen LogP) is 4.41. The van der Waals surface area contributed by atoms with Crippen molar-refractivity contribution in [1.29, 1.82) is 0 Å². The van der Waals surface area contributed by atoms with Crippen LogP contribution in [-0.2, 0) is 14.3 Å². The molecule has 2 aromatic carbocycles. The van der Waals surface area contributed by atoms with Crippen molar-refractivity contribution in [2.24, 2.45) is 5.41 Å². The minimum atomic E-state index is -1.13. The number of carbonyl (C=O) groups is 3. The Hall–Kier alpha value is -3.35. The largest absolute Gasteiger partial charge is 0.481 e. The van der Waals surface area contributed by atoms with Crippen LogP contribution in [0, 0.1) is 5.41 Å². The highest BCUT2D eigenvalue weighted by Crippen LogP contribution is 2.44. The first-order valence-electron chi connectivity index (χ1n) is 11.9. The molecule has 1 fully saturated rings. The number of ether oxygens (including phenoxy) is 1. The maximum absolute atomic E-state index is 13.4. The highest BCUT2D eigenvalue weighted by atomic mass is 16.5. The van der Waals surface area contributed by atoms with Gasteiger partial charge in [0.2, 0.25) is 5.91 Å². The molecule has 1 aliphatic heterocycles. The number of hydrogen-bond donors (Lipinski definition) is 2. The topological polar surface area (TPSA) is 95.9 Å². The van der Waals surface area contributed by atoms with E-state index in [1.165, 1.54) is 0 Å². The number of hydrogen-bond acceptors (Lipinski definition) is 4. The number of amides is 2. The van der Waals surface area contributed by atoms with Gasteiger partial charge >= 0.3 is 12.1 Å². The van der Waals surface area contributed by atoms with Crippen molar-refractivity contribution in [3.8, 4) is 11.1 Å². The normalized spacial score (nSPS) is 19.4. The van der Waals surface area contributed by atoms with Gasteiger partial charge in [-0.05, 0) is 48.4 Å². The molecule has 0 radical (unpaired) electrons. The Labute approximate surface area is 200 Å². The van der Waals surface area contributed by atoms with Crippen LogP contribution in [0.2, 0.25) is 0 Å². The number of fused-ring (bicyclic) bond motifs is 3. The number of carboxylic acids is 1. The minimum Gasteiger partial charge on any atom is -0.481 e. The number of benzene rings is 2. The lowest BCUT2D eigenvalue weighted by Crippen LogP contribution is -2.59. The van der Waals surface area contributed by atoms with Crippen LogP contribution in [-0.4, -0.2) is 53.2 Å². The quantitative estimate of drug-likeness (QED) is 0.633. The fraction of sp³-hybridized carbons (Fsp3) is 0.444. The Morgan fingerprint density at radius 2 is 1.62 bits per heavy atom. The number of carbonyl (C=O) groups excluding carboxylic acids is 2. The van der Waals surface area contributed by atoms with Gasteiger partial charge in [-0.25, -0.2) is 4.79 Å². The van der Waals surface area contributed by atoms with Crippen molar-refractivity contribution < 1.29 is 24.2 Å². The molecule has 4 rings (SSSR count). The molecule has 0 bridgehead atoms. The van der Waals surface area contributed by atoms with Crippen molar-refractivity contribution in [1.82, 2.24) is 10.2 Å². The van der Waals surface area contributed by atoms with E-state index in [1.54, 1.807) is 11.8 Å². The Bertz CT molecular complexity index is 1060. The lowest BCUT2D eigenvalue weighted by molar-refractivity contribution is -0.148. The average molecular weight is 465 g/mol. The van der Waals surface area contributed by atoms with Crippen LogP contribution in [0.5, 0.6) is 0 Å². The maximum Gasteiger partial charge on any atom is 0.408 e. The Morgan fingerprint density at radius 3 is 2.12 bits per heavy atom. The van der Waals surface area contributed by atoms with E-state index >= 15 is 0 Å². The molecule has 1 atom stereocenters. The molecule has 34 heavy (non-hydrogen) atoms. The molecule has 0 spiro atoms. The zero-order valence-electron chi connectivity index (χ0n) is 20.0. The van der Waals surface area contributed by atoms with Gasteiger partial charge in [0.1, 0.15) is 12.1 Å². The average Bonchev–Trinajstić information content (AvgIpc) is 3.40. The van der Waals surface area contributed by atoms with Gasteiger partial charge < -0.3 is 20.1 Å². The third-order valence-corrected chi connectivity index (χ3v) is 7.58. The zero-order chi connectivity index (χ0) is 24.5. The monoisotopic (exact) mass is 464 g/mol. The van der Waals surface area contributed by atoms with Crippen molar-refractivity contribution >= 4 is 18.0 Å². The molecule has 1 unspecified atom stereocenters. The Kier molecular flexibility index (Phi) is 6.39. The number of aliphatic carboxylic acids is 1. The maximum atomic E-state index is 13.4. The molecule has 7 nitrogen and oxygen atoms in total. The molecule has 2 N–H and O–H groups in total. The summed E-state index contributed by atoms with van der Waals surface area (Å²) in [5, 5.41) is 12.4. The second kappa shape index (κ2) is 9.12. The predicted molar refractivity (Wildman–Crippen MR) is 128 cm³/mol. The van der Waals surface area contributed by atoms with Crippen LogP contribution in [0.15, 0.2) is 48.5 Å². The summed E-state index contributed by atoms with van der Waals surface area (Å²) in [6.07, 6.45) is 0.515. The lowest BCUT2D eigenvalue weighted by atomic mass is 9.89. The van der Waals surface area contributed by atoms with Gasteiger partial charge in [0.15, 0.2) is 0 Å². The van der Waals surface area contributed by atoms with E-state index in [1.807, 2.05) is 38.1 Å². The highest BCUT2D eigenvalue weighted by Gasteiger charge is 2.47. The third kappa shape index (κ3) is 4.04. The van der Waals surface area contributed by atoms with E-state index in [2.05, 4.69) is 29.6 Å². The summed E-state index contributed by atoms with van der Waals surface area (Å²) in [5.74, 6) is -1.23. The minimum absolute atomic E-state index is 0.0682. The summed E-state index contributed by atoms with van der Waals surface area (Å²) in [6, 6.07) is 16.2. The van der Waals surface area contributed by atoms with Crippen molar-refractivity contribution in [3.05, 3.63) is 59.7 Å². The first kappa shape index (κ1) is 23.8. The molecule has 0 aromatic heterocycles. The number of likely N-dealkylation sites (tertiary alicyclic amines) is 1. The summed E-state index contributed by atoms with van der Waals surface area (Å²) in [6.45, 7) is 6.00. The number of rotatable bonds is 7. The summed E-state index contributed by atoms with van der Waals surface area (Å²) in [7, 11) is 0. The van der Waals surface area contributed by atoms with Crippen molar-refractivity contribution in [3.63, 3.8) is 0 Å². The standard InChI is InChI=1S/C27H32N2O5/c1-4-27(5-2,23(30)29-15-14-26(3,17-29)24(31)32)28-25(33)34-16-22-20-12-8-6-10-18(20)19-11-7-9-13-21(19)22/h6-13,22H,4-5,14-17H2,1-3H3,(H,28,33)(H,31,32). The first-order chi connectivity index (χ1) is 16.2. The zero-order valence-corrected chi connectivity index (χ0v) is 20.0. The molecule has 1 heterocycles. The van der Waals surface area contributed by atoms with Crippen molar-refractivity contribution in [2.75, 3.05) is 19.7 Å². The lowest BCUT2D eigenvalue weighted by Gasteiger charge is -2.35. The van der Waals surface area contributed by atoms with Gasteiger partial charge in [0.25, 0.3) is 0 Å². The Morgan fingerprint density at radius 1 is 1.06 bits per heavy atom. The molecule has 2 aromatic rings. The third-order valence-electron chi connectivity index (χ3n) is 7.58. The van der Waals surface area contributed by atoms with Gasteiger partial charge in [-0.1, -0.05) is 62.4 Å². The van der Waals surface area contributed by atoms with Crippen LogP contribution in [0.1, 0.15) is 57.1 Å². The Balaban J connectivity index is 1.46. The van der Waals surface area contributed by atoms with Crippen LogP contribution in [0.4, 0.5) is 4.79 Å². The van der Waals surface area contributed by atoms with Crippen LogP contribution in [0.25, 0.3) is 11.1 Å². The van der Waals surface area contributed by atoms with Gasteiger partial charge in [-0.3, -0.25) is 9.59 Å². The van der Waals surface area contributed by atoms with Gasteiger partial charge in [0.05, 0.1) is 5.41 Å². The number of alkyl carbamates (subject to hydrolysis) is 1. The summed E-state index contributed by atoms with van der Waals surface area (Å²) in [4.78, 5) is 39.5. The second-order valence-electron chi connectivity index (χ2n) is 9.58.